The molecule has 0 atom stereocenters. The van der Waals surface area contributed by atoms with Crippen molar-refractivity contribution < 1.29 is 4.74 Å². The average molecular weight is 413 g/mol. The lowest BCUT2D eigenvalue weighted by Gasteiger charge is -2.14. The standard InChI is InChI=1S/C24H20N4OS/c1-29-22-10-6-5-9-21(22)28-23(15-18-7-3-2-4-8-18)26-27-24(28)30-17-20-13-11-19(16-25)12-14-20/h2-14H,15,17H2,1H3. The zero-order valence-electron chi connectivity index (χ0n) is 16.5. The number of rotatable bonds is 7. The molecule has 0 bridgehead atoms. The summed E-state index contributed by atoms with van der Waals surface area (Å²) in [6.07, 6.45) is 0.670. The van der Waals surface area contributed by atoms with Crippen molar-refractivity contribution in [1.29, 1.82) is 5.26 Å². The van der Waals surface area contributed by atoms with E-state index in [1.165, 1.54) is 5.56 Å². The van der Waals surface area contributed by atoms with Gasteiger partial charge in [0.2, 0.25) is 0 Å². The quantitative estimate of drug-likeness (QED) is 0.398. The molecule has 0 saturated heterocycles. The third-order valence-electron chi connectivity index (χ3n) is 4.68. The van der Waals surface area contributed by atoms with Gasteiger partial charge in [-0.3, -0.25) is 4.57 Å². The summed E-state index contributed by atoms with van der Waals surface area (Å²) < 4.78 is 7.67. The fraction of sp³-hybridized carbons (Fsp3) is 0.125. The molecule has 148 valence electrons. The van der Waals surface area contributed by atoms with E-state index in [1.807, 2.05) is 66.7 Å². The minimum Gasteiger partial charge on any atom is -0.495 e. The molecule has 0 saturated carbocycles. The Morgan fingerprint density at radius 3 is 2.37 bits per heavy atom. The number of thioether (sulfide) groups is 1. The van der Waals surface area contributed by atoms with Crippen molar-refractivity contribution in [3.05, 3.63) is 101 Å². The van der Waals surface area contributed by atoms with Gasteiger partial charge in [-0.15, -0.1) is 10.2 Å². The molecule has 4 rings (SSSR count). The molecule has 5 nitrogen and oxygen atoms in total. The number of methoxy groups -OCH3 is 1. The maximum absolute atomic E-state index is 8.98. The van der Waals surface area contributed by atoms with E-state index in [2.05, 4.69) is 33.0 Å². The number of nitriles is 1. The smallest absolute Gasteiger partial charge is 0.196 e. The van der Waals surface area contributed by atoms with Crippen molar-refractivity contribution in [3.63, 3.8) is 0 Å². The highest BCUT2D eigenvalue weighted by atomic mass is 32.2. The summed E-state index contributed by atoms with van der Waals surface area (Å²) in [5.74, 6) is 2.35. The van der Waals surface area contributed by atoms with E-state index >= 15 is 0 Å². The lowest BCUT2D eigenvalue weighted by atomic mass is 10.1. The SMILES string of the molecule is COc1ccccc1-n1c(Cc2ccccc2)nnc1SCc1ccc(C#N)cc1. The summed E-state index contributed by atoms with van der Waals surface area (Å²) in [4.78, 5) is 0. The van der Waals surface area contributed by atoms with Gasteiger partial charge in [0.15, 0.2) is 5.16 Å². The predicted octanol–water partition coefficient (Wildman–Crippen LogP) is 5.03. The first-order valence-corrected chi connectivity index (χ1v) is 10.5. The van der Waals surface area contributed by atoms with Crippen LogP contribution >= 0.6 is 11.8 Å². The van der Waals surface area contributed by atoms with Crippen LogP contribution in [0.4, 0.5) is 0 Å². The van der Waals surface area contributed by atoms with Gasteiger partial charge in [-0.25, -0.2) is 0 Å². The van der Waals surface area contributed by atoms with Crippen LogP contribution in [0.15, 0.2) is 84.0 Å². The summed E-state index contributed by atoms with van der Waals surface area (Å²) in [7, 11) is 1.67. The van der Waals surface area contributed by atoms with Crippen molar-refractivity contribution in [3.8, 4) is 17.5 Å². The van der Waals surface area contributed by atoms with Crippen LogP contribution in [0.5, 0.6) is 5.75 Å². The number of hydrogen-bond acceptors (Lipinski definition) is 5. The highest BCUT2D eigenvalue weighted by Crippen LogP contribution is 2.30. The second-order valence-electron chi connectivity index (χ2n) is 6.67. The van der Waals surface area contributed by atoms with E-state index in [1.54, 1.807) is 18.9 Å². The Balaban J connectivity index is 1.68. The fourth-order valence-electron chi connectivity index (χ4n) is 3.17. The Hall–Kier alpha value is -3.56. The molecule has 4 aromatic rings. The van der Waals surface area contributed by atoms with Crippen LogP contribution in [0.1, 0.15) is 22.5 Å². The van der Waals surface area contributed by atoms with Crippen molar-refractivity contribution in [2.45, 2.75) is 17.3 Å². The minimum absolute atomic E-state index is 0.658. The molecule has 0 aliphatic carbocycles. The number of para-hydroxylation sites is 2. The Morgan fingerprint density at radius 2 is 1.63 bits per heavy atom. The highest BCUT2D eigenvalue weighted by molar-refractivity contribution is 7.98. The molecule has 1 aromatic heterocycles. The summed E-state index contributed by atoms with van der Waals surface area (Å²) in [5, 5.41) is 18.8. The Labute approximate surface area is 180 Å². The first kappa shape index (κ1) is 19.7. The van der Waals surface area contributed by atoms with Crippen molar-refractivity contribution in [2.75, 3.05) is 7.11 Å². The van der Waals surface area contributed by atoms with Gasteiger partial charge in [-0.1, -0.05) is 66.4 Å². The molecule has 0 unspecified atom stereocenters. The van der Waals surface area contributed by atoms with Crippen LogP contribution in [0.3, 0.4) is 0 Å². The molecule has 1 heterocycles. The van der Waals surface area contributed by atoms with Crippen LogP contribution < -0.4 is 4.74 Å². The second-order valence-corrected chi connectivity index (χ2v) is 7.61. The van der Waals surface area contributed by atoms with Gasteiger partial charge >= 0.3 is 0 Å². The average Bonchev–Trinajstić information content (AvgIpc) is 3.20. The van der Waals surface area contributed by atoms with Crippen molar-refractivity contribution in [1.82, 2.24) is 14.8 Å². The number of hydrogen-bond donors (Lipinski definition) is 0. The molecular formula is C24H20N4OS. The summed E-state index contributed by atoms with van der Waals surface area (Å²) in [6.45, 7) is 0. The number of ether oxygens (including phenoxy) is 1. The van der Waals surface area contributed by atoms with Crippen molar-refractivity contribution >= 4 is 11.8 Å². The van der Waals surface area contributed by atoms with E-state index < -0.39 is 0 Å². The van der Waals surface area contributed by atoms with Gasteiger partial charge in [-0.05, 0) is 35.4 Å². The van der Waals surface area contributed by atoms with Gasteiger partial charge in [0, 0.05) is 12.2 Å². The number of aromatic nitrogens is 3. The monoisotopic (exact) mass is 412 g/mol. The predicted molar refractivity (Wildman–Crippen MR) is 118 cm³/mol. The van der Waals surface area contributed by atoms with Gasteiger partial charge in [0.25, 0.3) is 0 Å². The first-order valence-electron chi connectivity index (χ1n) is 9.52. The fourth-order valence-corrected chi connectivity index (χ4v) is 4.09. The maximum atomic E-state index is 8.98. The molecule has 6 heteroatoms. The van der Waals surface area contributed by atoms with Gasteiger partial charge in [0.1, 0.15) is 11.6 Å². The van der Waals surface area contributed by atoms with Gasteiger partial charge in [-0.2, -0.15) is 5.26 Å². The van der Waals surface area contributed by atoms with E-state index in [0.717, 1.165) is 33.7 Å². The zero-order valence-corrected chi connectivity index (χ0v) is 17.3. The molecule has 0 fully saturated rings. The summed E-state index contributed by atoms with van der Waals surface area (Å²) >= 11 is 1.61. The minimum atomic E-state index is 0.658. The summed E-state index contributed by atoms with van der Waals surface area (Å²) in [5.41, 5.74) is 3.87. The van der Waals surface area contributed by atoms with Crippen LogP contribution in [0, 0.1) is 11.3 Å². The third-order valence-corrected chi connectivity index (χ3v) is 5.68. The maximum Gasteiger partial charge on any atom is 0.196 e. The Bertz CT molecular complexity index is 1160. The molecular weight excluding hydrogens is 392 g/mol. The van der Waals surface area contributed by atoms with Crippen LogP contribution in [-0.4, -0.2) is 21.9 Å². The van der Waals surface area contributed by atoms with Crippen LogP contribution in [0.2, 0.25) is 0 Å². The number of nitrogens with zero attached hydrogens (tertiary/aromatic N) is 4. The molecule has 0 N–H and O–H groups in total. The van der Waals surface area contributed by atoms with Crippen LogP contribution in [0.25, 0.3) is 5.69 Å². The molecule has 3 aromatic carbocycles. The third kappa shape index (κ3) is 4.37. The Kier molecular flexibility index (Phi) is 6.11. The Morgan fingerprint density at radius 1 is 0.900 bits per heavy atom. The molecule has 0 radical (unpaired) electrons. The molecule has 0 aliphatic rings. The van der Waals surface area contributed by atoms with Gasteiger partial charge in [0.05, 0.1) is 24.4 Å². The van der Waals surface area contributed by atoms with E-state index in [4.69, 9.17) is 10.00 Å². The molecule has 30 heavy (non-hydrogen) atoms. The van der Waals surface area contributed by atoms with Crippen LogP contribution in [-0.2, 0) is 12.2 Å². The normalized spacial score (nSPS) is 10.5. The van der Waals surface area contributed by atoms with E-state index in [-0.39, 0.29) is 0 Å². The first-order chi connectivity index (χ1) is 14.8. The lowest BCUT2D eigenvalue weighted by Crippen LogP contribution is -2.05. The second kappa shape index (κ2) is 9.29. The highest BCUT2D eigenvalue weighted by Gasteiger charge is 2.18. The number of benzene rings is 3. The molecule has 0 aliphatic heterocycles. The topological polar surface area (TPSA) is 63.7 Å². The van der Waals surface area contributed by atoms with E-state index in [9.17, 15) is 0 Å². The molecule has 0 amide bonds. The van der Waals surface area contributed by atoms with E-state index in [0.29, 0.717) is 12.0 Å². The lowest BCUT2D eigenvalue weighted by molar-refractivity contribution is 0.411. The van der Waals surface area contributed by atoms with Gasteiger partial charge < -0.3 is 4.74 Å². The van der Waals surface area contributed by atoms with Crippen molar-refractivity contribution in [2.24, 2.45) is 0 Å². The zero-order chi connectivity index (χ0) is 20.8. The molecule has 0 spiro atoms. The largest absolute Gasteiger partial charge is 0.495 e. The summed E-state index contributed by atoms with van der Waals surface area (Å²) in [6, 6.07) is 27.9.